The molecule has 2 N–H and O–H groups in total. The van der Waals surface area contributed by atoms with Crippen LogP contribution in [0.5, 0.6) is 5.75 Å². The highest BCUT2D eigenvalue weighted by Gasteiger charge is 2.20. The summed E-state index contributed by atoms with van der Waals surface area (Å²) in [4.78, 5) is 12.5. The molecule has 0 aliphatic rings. The number of benzene rings is 2. The first kappa shape index (κ1) is 19.0. The molecule has 0 aliphatic heterocycles. The lowest BCUT2D eigenvalue weighted by atomic mass is 10.0. The van der Waals surface area contributed by atoms with Crippen LogP contribution >= 0.6 is 0 Å². The summed E-state index contributed by atoms with van der Waals surface area (Å²) in [6.45, 7) is 5.82. The van der Waals surface area contributed by atoms with E-state index in [1.165, 1.54) is 32.4 Å². The molecule has 0 aliphatic carbocycles. The Kier molecular flexibility index (Phi) is 5.49. The van der Waals surface area contributed by atoms with Gasteiger partial charge in [-0.1, -0.05) is 17.7 Å². The first-order valence-electron chi connectivity index (χ1n) is 7.70. The Morgan fingerprint density at radius 1 is 1.04 bits per heavy atom. The summed E-state index contributed by atoms with van der Waals surface area (Å²) < 4.78 is 31.6. The highest BCUT2D eigenvalue weighted by Crippen LogP contribution is 2.26. The second-order valence-electron chi connectivity index (χ2n) is 5.80. The summed E-state index contributed by atoms with van der Waals surface area (Å²) >= 11 is 0. The molecule has 0 fully saturated rings. The van der Waals surface area contributed by atoms with Gasteiger partial charge in [0.1, 0.15) is 10.6 Å². The first-order valence-corrected chi connectivity index (χ1v) is 9.18. The minimum absolute atomic E-state index is 0.0810. The number of carbonyl (C=O) groups is 1. The van der Waals surface area contributed by atoms with Crippen LogP contribution in [-0.4, -0.2) is 28.5 Å². The molecule has 0 aromatic heterocycles. The first-order chi connectivity index (χ1) is 11.7. The Morgan fingerprint density at radius 3 is 2.16 bits per heavy atom. The number of methoxy groups -OCH3 is 1. The van der Waals surface area contributed by atoms with Gasteiger partial charge in [-0.2, -0.15) is 0 Å². The number of ether oxygens (including phenoxy) is 1. The number of carbonyl (C=O) groups excluding carboxylic acids is 1. The Morgan fingerprint density at radius 2 is 1.64 bits per heavy atom. The molecule has 0 saturated heterocycles. The molecule has 2 aromatic carbocycles. The fourth-order valence-electron chi connectivity index (χ4n) is 2.70. The molecular weight excluding hydrogens is 340 g/mol. The van der Waals surface area contributed by atoms with Crippen molar-refractivity contribution in [3.05, 3.63) is 52.6 Å². The van der Waals surface area contributed by atoms with E-state index in [0.717, 1.165) is 22.4 Å². The van der Waals surface area contributed by atoms with Crippen molar-refractivity contribution in [2.24, 2.45) is 0 Å². The lowest BCUT2D eigenvalue weighted by Crippen LogP contribution is -2.21. The van der Waals surface area contributed by atoms with E-state index in [9.17, 15) is 13.2 Å². The number of sulfonamides is 1. The average molecular weight is 362 g/mol. The third kappa shape index (κ3) is 4.00. The monoisotopic (exact) mass is 362 g/mol. The number of nitrogens with one attached hydrogen (secondary N) is 2. The Hall–Kier alpha value is -2.38. The fraction of sp³-hybridized carbons (Fsp3) is 0.278. The van der Waals surface area contributed by atoms with Crippen molar-refractivity contribution >= 4 is 21.6 Å². The third-order valence-electron chi connectivity index (χ3n) is 3.90. The topological polar surface area (TPSA) is 84.5 Å². The maximum Gasteiger partial charge on any atom is 0.255 e. The molecule has 0 unspecified atom stereocenters. The zero-order chi connectivity index (χ0) is 18.8. The van der Waals surface area contributed by atoms with Gasteiger partial charge in [0.25, 0.3) is 5.91 Å². The van der Waals surface area contributed by atoms with Crippen LogP contribution in [0.25, 0.3) is 0 Å². The van der Waals surface area contributed by atoms with Crippen LogP contribution in [0.15, 0.2) is 35.2 Å². The molecule has 0 radical (unpaired) electrons. The van der Waals surface area contributed by atoms with Gasteiger partial charge in [-0.05, 0) is 57.1 Å². The molecule has 1 amide bonds. The summed E-state index contributed by atoms with van der Waals surface area (Å²) in [5, 5.41) is 2.86. The smallest absolute Gasteiger partial charge is 0.255 e. The Balaban J connectivity index is 2.43. The summed E-state index contributed by atoms with van der Waals surface area (Å²) in [5.74, 6) is -0.209. The van der Waals surface area contributed by atoms with Crippen molar-refractivity contribution in [3.8, 4) is 5.75 Å². The van der Waals surface area contributed by atoms with Crippen molar-refractivity contribution in [1.82, 2.24) is 4.72 Å². The van der Waals surface area contributed by atoms with Crippen LogP contribution in [-0.2, 0) is 10.0 Å². The van der Waals surface area contributed by atoms with E-state index in [2.05, 4.69) is 10.0 Å². The van der Waals surface area contributed by atoms with E-state index >= 15 is 0 Å². The molecule has 2 rings (SSSR count). The Bertz CT molecular complexity index is 898. The van der Waals surface area contributed by atoms with Gasteiger partial charge in [0.15, 0.2) is 0 Å². The van der Waals surface area contributed by atoms with Gasteiger partial charge in [0.2, 0.25) is 10.0 Å². The SMILES string of the molecule is CNS(=O)(=O)c1cc(C(=O)Nc2c(C)cc(C)cc2C)ccc1OC. The zero-order valence-electron chi connectivity index (χ0n) is 14.9. The molecule has 2 aromatic rings. The quantitative estimate of drug-likeness (QED) is 0.857. The average Bonchev–Trinajstić information content (AvgIpc) is 2.57. The number of rotatable bonds is 5. The van der Waals surface area contributed by atoms with E-state index < -0.39 is 10.0 Å². The summed E-state index contributed by atoms with van der Waals surface area (Å²) in [6, 6.07) is 8.26. The number of amides is 1. The number of anilines is 1. The Labute approximate surface area is 148 Å². The predicted octanol–water partition coefficient (Wildman–Crippen LogP) is 2.78. The van der Waals surface area contributed by atoms with Gasteiger partial charge in [-0.3, -0.25) is 4.79 Å². The maximum absolute atomic E-state index is 12.6. The molecule has 134 valence electrons. The van der Waals surface area contributed by atoms with E-state index in [0.29, 0.717) is 0 Å². The highest BCUT2D eigenvalue weighted by atomic mass is 32.2. The second-order valence-corrected chi connectivity index (χ2v) is 7.66. The van der Waals surface area contributed by atoms with Gasteiger partial charge < -0.3 is 10.1 Å². The van der Waals surface area contributed by atoms with Crippen molar-refractivity contribution in [3.63, 3.8) is 0 Å². The standard InChI is InChI=1S/C18H22N2O4S/c1-11-8-12(2)17(13(3)9-11)20-18(21)14-6-7-15(24-5)16(10-14)25(22,23)19-4/h6-10,19H,1-5H3,(H,20,21). The van der Waals surface area contributed by atoms with Gasteiger partial charge >= 0.3 is 0 Å². The van der Waals surface area contributed by atoms with Gasteiger partial charge in [-0.15, -0.1) is 0 Å². The molecule has 25 heavy (non-hydrogen) atoms. The molecule has 0 spiro atoms. The molecule has 6 nitrogen and oxygen atoms in total. The van der Waals surface area contributed by atoms with E-state index in [-0.39, 0.29) is 22.1 Å². The van der Waals surface area contributed by atoms with Crippen LogP contribution < -0.4 is 14.8 Å². The maximum atomic E-state index is 12.6. The minimum atomic E-state index is -3.75. The van der Waals surface area contributed by atoms with Crippen molar-refractivity contribution < 1.29 is 17.9 Å². The molecule has 0 bridgehead atoms. The van der Waals surface area contributed by atoms with Gasteiger partial charge in [0, 0.05) is 11.3 Å². The second kappa shape index (κ2) is 7.25. The van der Waals surface area contributed by atoms with E-state index in [1.54, 1.807) is 0 Å². The third-order valence-corrected chi connectivity index (χ3v) is 5.34. The predicted molar refractivity (Wildman–Crippen MR) is 97.8 cm³/mol. The highest BCUT2D eigenvalue weighted by molar-refractivity contribution is 7.89. The fourth-order valence-corrected chi connectivity index (χ4v) is 3.62. The number of hydrogen-bond donors (Lipinski definition) is 2. The van der Waals surface area contributed by atoms with Gasteiger partial charge in [0.05, 0.1) is 7.11 Å². The lowest BCUT2D eigenvalue weighted by molar-refractivity contribution is 0.102. The largest absolute Gasteiger partial charge is 0.495 e. The van der Waals surface area contributed by atoms with E-state index in [4.69, 9.17) is 4.74 Å². The van der Waals surface area contributed by atoms with E-state index in [1.807, 2.05) is 32.9 Å². The zero-order valence-corrected chi connectivity index (χ0v) is 15.7. The number of hydrogen-bond acceptors (Lipinski definition) is 4. The number of aryl methyl sites for hydroxylation is 3. The van der Waals surface area contributed by atoms with Crippen LogP contribution in [0.3, 0.4) is 0 Å². The van der Waals surface area contributed by atoms with Crippen LogP contribution in [0.1, 0.15) is 27.0 Å². The molecule has 7 heteroatoms. The van der Waals surface area contributed by atoms with Crippen LogP contribution in [0.4, 0.5) is 5.69 Å². The molecule has 0 saturated carbocycles. The van der Waals surface area contributed by atoms with Crippen LogP contribution in [0.2, 0.25) is 0 Å². The summed E-state index contributed by atoms with van der Waals surface area (Å²) in [5.41, 5.74) is 3.96. The normalized spacial score (nSPS) is 11.2. The summed E-state index contributed by atoms with van der Waals surface area (Å²) in [6.07, 6.45) is 0. The van der Waals surface area contributed by atoms with Crippen molar-refractivity contribution in [2.75, 3.05) is 19.5 Å². The molecule has 0 atom stereocenters. The molecular formula is C18H22N2O4S. The molecule has 0 heterocycles. The van der Waals surface area contributed by atoms with Gasteiger partial charge in [-0.25, -0.2) is 13.1 Å². The summed E-state index contributed by atoms with van der Waals surface area (Å²) in [7, 11) is -1.06. The van der Waals surface area contributed by atoms with Crippen molar-refractivity contribution in [2.45, 2.75) is 25.7 Å². The van der Waals surface area contributed by atoms with Crippen LogP contribution in [0, 0.1) is 20.8 Å². The minimum Gasteiger partial charge on any atom is -0.495 e. The lowest BCUT2D eigenvalue weighted by Gasteiger charge is -2.14. The van der Waals surface area contributed by atoms with Crippen molar-refractivity contribution in [1.29, 1.82) is 0 Å².